The van der Waals surface area contributed by atoms with Gasteiger partial charge in [0.2, 0.25) is 5.91 Å². The number of fused-ring (bicyclic) bond motifs is 2. The maximum atomic E-state index is 15.0. The summed E-state index contributed by atoms with van der Waals surface area (Å²) in [4.78, 5) is 32.9. The average Bonchev–Trinajstić information content (AvgIpc) is 3.51. The highest BCUT2D eigenvalue weighted by atomic mass is 127. The lowest BCUT2D eigenvalue weighted by atomic mass is 9.82. The Bertz CT molecular complexity index is 1800. The third-order valence-electron chi connectivity index (χ3n) is 10.4. The standard InChI is InChI=1S/C39H42I2N2O5Si/c1-26-37(49(3,4)32-17-15-31(47-2)16-18-32)35(23-36(45)42(20-21-44)24-27-8-6-5-7-9-27)48-39(26)33-22-30(41)14-19-34(33)43(38(39)46)25-28-10-12-29(40)13-11-28/h5-19,22,26,35,37,44H,20-21,23-25H2,1-4H3/t26-,35+,37-,39+/m1/s1. The Kier molecular flexibility index (Phi) is 10.9. The number of benzene rings is 4. The molecule has 0 bridgehead atoms. The van der Waals surface area contributed by atoms with E-state index in [0.717, 1.165) is 35.3 Å². The highest BCUT2D eigenvalue weighted by Gasteiger charge is 2.66. The SMILES string of the molecule is COc1ccc([Si](C)(C)[C@H]2[C@H](CC(=O)N(CCO)Cc3ccccc3)O[C@@]3(C(=O)N(Cc4ccc(I)cc4)c4ccc(I)cc43)[C@@H]2C)cc1. The Morgan fingerprint density at radius 2 is 1.63 bits per heavy atom. The Morgan fingerprint density at radius 3 is 2.29 bits per heavy atom. The second-order valence-corrected chi connectivity index (χ2v) is 20.7. The zero-order valence-electron chi connectivity index (χ0n) is 28.2. The number of nitrogens with zero attached hydrogens (tertiary/aromatic N) is 2. The van der Waals surface area contributed by atoms with Crippen LogP contribution in [0.3, 0.4) is 0 Å². The van der Waals surface area contributed by atoms with Crippen molar-refractivity contribution in [3.05, 3.63) is 121 Å². The van der Waals surface area contributed by atoms with E-state index in [4.69, 9.17) is 9.47 Å². The van der Waals surface area contributed by atoms with Gasteiger partial charge in [-0.1, -0.05) is 79.8 Å². The first-order chi connectivity index (χ1) is 23.5. The lowest BCUT2D eigenvalue weighted by molar-refractivity contribution is -0.150. The molecule has 0 unspecified atom stereocenters. The van der Waals surface area contributed by atoms with Gasteiger partial charge in [-0.2, -0.15) is 0 Å². The van der Waals surface area contributed by atoms with Crippen LogP contribution in [0, 0.1) is 13.1 Å². The molecule has 4 atom stereocenters. The van der Waals surface area contributed by atoms with E-state index < -0.39 is 19.8 Å². The summed E-state index contributed by atoms with van der Waals surface area (Å²) in [7, 11) is -0.774. The number of halogens is 2. The molecule has 7 nitrogen and oxygen atoms in total. The van der Waals surface area contributed by atoms with Gasteiger partial charge >= 0.3 is 0 Å². The first-order valence-corrected chi connectivity index (χ1v) is 21.8. The molecule has 1 spiro atoms. The minimum absolute atomic E-state index is 0.0773. The number of aliphatic hydroxyl groups excluding tert-OH is 1. The molecule has 6 rings (SSSR count). The number of carbonyl (C=O) groups is 2. The van der Waals surface area contributed by atoms with Crippen molar-refractivity contribution in [2.24, 2.45) is 5.92 Å². The second-order valence-electron chi connectivity index (χ2n) is 13.6. The Hall–Kier alpha value is -2.78. The van der Waals surface area contributed by atoms with E-state index in [2.05, 4.69) is 108 Å². The van der Waals surface area contributed by atoms with E-state index in [1.54, 1.807) is 12.0 Å². The quantitative estimate of drug-likeness (QED) is 0.129. The summed E-state index contributed by atoms with van der Waals surface area (Å²) in [6, 6.07) is 32.5. The van der Waals surface area contributed by atoms with Crippen molar-refractivity contribution in [2.75, 3.05) is 25.2 Å². The number of hydrogen-bond acceptors (Lipinski definition) is 5. The fourth-order valence-corrected chi connectivity index (χ4v) is 12.8. The van der Waals surface area contributed by atoms with Crippen molar-refractivity contribution in [2.45, 2.75) is 56.8 Å². The van der Waals surface area contributed by atoms with Crippen LogP contribution < -0.4 is 14.8 Å². The zero-order chi connectivity index (χ0) is 34.9. The predicted molar refractivity (Wildman–Crippen MR) is 213 cm³/mol. The largest absolute Gasteiger partial charge is 0.497 e. The van der Waals surface area contributed by atoms with Gasteiger partial charge in [0.05, 0.1) is 46.5 Å². The van der Waals surface area contributed by atoms with Crippen LogP contribution in [-0.2, 0) is 33.0 Å². The Labute approximate surface area is 317 Å². The maximum Gasteiger partial charge on any atom is 0.264 e. The van der Waals surface area contributed by atoms with Gasteiger partial charge in [0, 0.05) is 31.7 Å². The fourth-order valence-electron chi connectivity index (χ4n) is 7.93. The molecule has 4 aromatic rings. The van der Waals surface area contributed by atoms with Gasteiger partial charge in [-0.3, -0.25) is 9.59 Å². The molecule has 1 fully saturated rings. The van der Waals surface area contributed by atoms with Crippen molar-refractivity contribution in [3.63, 3.8) is 0 Å². The number of ether oxygens (including phenoxy) is 2. The zero-order valence-corrected chi connectivity index (χ0v) is 33.6. The molecule has 0 saturated carbocycles. The number of aliphatic hydroxyl groups is 1. The normalized spacial score (nSPS) is 21.7. The van der Waals surface area contributed by atoms with Gasteiger partial charge in [0.1, 0.15) is 5.75 Å². The first kappa shape index (κ1) is 36.0. The summed E-state index contributed by atoms with van der Waals surface area (Å²) < 4.78 is 14.9. The molecule has 0 radical (unpaired) electrons. The van der Waals surface area contributed by atoms with Crippen LogP contribution in [0.25, 0.3) is 0 Å². The van der Waals surface area contributed by atoms with Crippen molar-refractivity contribution >= 4 is 75.9 Å². The summed E-state index contributed by atoms with van der Waals surface area (Å²) >= 11 is 4.60. The average molecular weight is 901 g/mol. The number of rotatable bonds is 11. The van der Waals surface area contributed by atoms with Crippen LogP contribution >= 0.6 is 45.2 Å². The monoisotopic (exact) mass is 900 g/mol. The predicted octanol–water partition coefficient (Wildman–Crippen LogP) is 7.08. The summed E-state index contributed by atoms with van der Waals surface area (Å²) in [5.74, 6) is 0.390. The molecule has 2 heterocycles. The third-order valence-corrected chi connectivity index (χ3v) is 16.1. The first-order valence-electron chi connectivity index (χ1n) is 16.6. The molecule has 10 heteroatoms. The molecule has 4 aromatic carbocycles. The number of carbonyl (C=O) groups excluding carboxylic acids is 2. The van der Waals surface area contributed by atoms with Gasteiger partial charge in [-0.15, -0.1) is 0 Å². The summed E-state index contributed by atoms with van der Waals surface area (Å²) in [6.45, 7) is 7.69. The van der Waals surface area contributed by atoms with E-state index >= 15 is 4.79 Å². The van der Waals surface area contributed by atoms with Crippen LogP contribution in [-0.4, -0.2) is 56.3 Å². The van der Waals surface area contributed by atoms with Crippen LogP contribution in [0.2, 0.25) is 18.6 Å². The van der Waals surface area contributed by atoms with Crippen molar-refractivity contribution in [1.29, 1.82) is 0 Å². The lowest BCUT2D eigenvalue weighted by Gasteiger charge is -2.37. The molecule has 0 aliphatic carbocycles. The minimum Gasteiger partial charge on any atom is -0.497 e. The summed E-state index contributed by atoms with van der Waals surface area (Å²) in [5, 5.41) is 11.2. The van der Waals surface area contributed by atoms with Crippen molar-refractivity contribution < 1.29 is 24.2 Å². The summed E-state index contributed by atoms with van der Waals surface area (Å²) in [6.07, 6.45) is -0.406. The molecule has 2 amide bonds. The van der Waals surface area contributed by atoms with E-state index in [0.29, 0.717) is 13.1 Å². The van der Waals surface area contributed by atoms with Gasteiger partial charge in [-0.25, -0.2) is 0 Å². The van der Waals surface area contributed by atoms with Gasteiger partial charge in [0.15, 0.2) is 5.60 Å². The Morgan fingerprint density at radius 1 is 0.959 bits per heavy atom. The molecule has 0 aromatic heterocycles. The van der Waals surface area contributed by atoms with Crippen LogP contribution in [0.4, 0.5) is 5.69 Å². The summed E-state index contributed by atoms with van der Waals surface area (Å²) in [5.41, 5.74) is 2.44. The molecule has 49 heavy (non-hydrogen) atoms. The molecule has 1 saturated heterocycles. The fraction of sp³-hybridized carbons (Fsp3) is 0.333. The van der Waals surface area contributed by atoms with Gasteiger partial charge in [0.25, 0.3) is 5.91 Å². The van der Waals surface area contributed by atoms with Crippen LogP contribution in [0.1, 0.15) is 30.0 Å². The maximum absolute atomic E-state index is 15.0. The lowest BCUT2D eigenvalue weighted by Crippen LogP contribution is -2.52. The number of methoxy groups -OCH3 is 1. The topological polar surface area (TPSA) is 79.3 Å². The van der Waals surface area contributed by atoms with E-state index in [9.17, 15) is 9.90 Å². The van der Waals surface area contributed by atoms with Crippen molar-refractivity contribution in [1.82, 2.24) is 4.90 Å². The molecule has 2 aliphatic heterocycles. The van der Waals surface area contributed by atoms with Crippen LogP contribution in [0.5, 0.6) is 5.75 Å². The number of amides is 2. The third kappa shape index (κ3) is 6.95. The Balaban J connectivity index is 1.42. The molecular weight excluding hydrogens is 858 g/mol. The van der Waals surface area contributed by atoms with Gasteiger partial charge in [-0.05, 0) is 104 Å². The van der Waals surface area contributed by atoms with E-state index in [-0.39, 0.29) is 42.8 Å². The minimum atomic E-state index is -2.44. The smallest absolute Gasteiger partial charge is 0.264 e. The molecular formula is C39H42I2N2O5Si. The molecule has 2 aliphatic rings. The highest BCUT2D eigenvalue weighted by molar-refractivity contribution is 14.1. The molecule has 1 N–H and O–H groups in total. The van der Waals surface area contributed by atoms with E-state index in [1.807, 2.05) is 59.5 Å². The highest BCUT2D eigenvalue weighted by Crippen LogP contribution is 2.60. The van der Waals surface area contributed by atoms with Crippen molar-refractivity contribution in [3.8, 4) is 5.75 Å². The van der Waals surface area contributed by atoms with Crippen LogP contribution in [0.15, 0.2) is 97.1 Å². The molecule has 256 valence electrons. The number of anilines is 1. The van der Waals surface area contributed by atoms with E-state index in [1.165, 1.54) is 5.19 Å². The second kappa shape index (κ2) is 14.8. The number of hydrogen-bond donors (Lipinski definition) is 1. The van der Waals surface area contributed by atoms with Gasteiger partial charge < -0.3 is 24.4 Å².